The number of aliphatic hydroxyl groups is 1. The number of aliphatic hydroxyl groups excluding tert-OH is 1. The largest absolute Gasteiger partial charge is 0.450 e. The molecule has 0 aliphatic carbocycles. The minimum Gasteiger partial charge on any atom is -0.450 e. The van der Waals surface area contributed by atoms with Crippen molar-refractivity contribution in [2.24, 2.45) is 0 Å². The lowest BCUT2D eigenvalue weighted by atomic mass is 10.0. The van der Waals surface area contributed by atoms with Gasteiger partial charge in [0.05, 0.1) is 18.8 Å². The lowest BCUT2D eigenvalue weighted by Gasteiger charge is -2.22. The zero-order valence-electron chi connectivity index (χ0n) is 13.1. The molecule has 0 heterocycles. The van der Waals surface area contributed by atoms with Crippen molar-refractivity contribution < 1.29 is 14.6 Å². The first-order valence-electron chi connectivity index (χ1n) is 7.60. The first-order valence-corrected chi connectivity index (χ1v) is 7.60. The summed E-state index contributed by atoms with van der Waals surface area (Å²) in [5, 5.41) is 13.2. The molecular weight excluding hydrogens is 290 g/mol. The van der Waals surface area contributed by atoms with Gasteiger partial charge in [0.1, 0.15) is 0 Å². The molecule has 0 aliphatic rings. The van der Waals surface area contributed by atoms with Crippen molar-refractivity contribution in [1.82, 2.24) is 5.32 Å². The van der Waals surface area contributed by atoms with E-state index < -0.39 is 18.2 Å². The number of ether oxygens (including phenoxy) is 1. The molecule has 2 N–H and O–H groups in total. The van der Waals surface area contributed by atoms with Crippen molar-refractivity contribution in [3.63, 3.8) is 0 Å². The minimum absolute atomic E-state index is 0.281. The molecule has 4 nitrogen and oxygen atoms in total. The molecule has 2 rings (SSSR count). The third-order valence-corrected chi connectivity index (χ3v) is 3.33. The van der Waals surface area contributed by atoms with Gasteiger partial charge >= 0.3 is 6.09 Å². The first kappa shape index (κ1) is 16.8. The average Bonchev–Trinajstić information content (AvgIpc) is 2.59. The van der Waals surface area contributed by atoms with Gasteiger partial charge in [-0.15, -0.1) is 0 Å². The maximum Gasteiger partial charge on any atom is 0.407 e. The van der Waals surface area contributed by atoms with Crippen LogP contribution < -0.4 is 5.32 Å². The van der Waals surface area contributed by atoms with E-state index in [1.54, 1.807) is 13.0 Å². The van der Waals surface area contributed by atoms with Crippen LogP contribution in [0.5, 0.6) is 0 Å². The van der Waals surface area contributed by atoms with E-state index in [1.165, 1.54) is 0 Å². The third kappa shape index (κ3) is 5.27. The Balaban J connectivity index is 2.15. The third-order valence-electron chi connectivity index (χ3n) is 3.33. The van der Waals surface area contributed by atoms with E-state index in [-0.39, 0.29) is 6.61 Å². The predicted molar refractivity (Wildman–Crippen MR) is 90.8 cm³/mol. The molecule has 1 amide bonds. The number of carbonyl (C=O) groups excluding carboxylic acids is 1. The van der Waals surface area contributed by atoms with E-state index in [0.717, 1.165) is 11.1 Å². The highest BCUT2D eigenvalue weighted by molar-refractivity contribution is 5.68. The molecule has 2 aromatic carbocycles. The SMILES string of the molecule is CCOC(=O)NC(c1ccccc1)C(O)/C=C/c1ccccc1. The van der Waals surface area contributed by atoms with E-state index in [4.69, 9.17) is 4.74 Å². The number of rotatable bonds is 6. The topological polar surface area (TPSA) is 58.6 Å². The molecule has 0 aromatic heterocycles. The molecule has 0 aliphatic heterocycles. The van der Waals surface area contributed by atoms with Crippen LogP contribution in [0.3, 0.4) is 0 Å². The Kier molecular flexibility index (Phi) is 6.39. The van der Waals surface area contributed by atoms with Crippen LogP contribution in [0, 0.1) is 0 Å². The molecule has 4 heteroatoms. The van der Waals surface area contributed by atoms with Gasteiger partial charge in [0.15, 0.2) is 0 Å². The molecule has 0 fully saturated rings. The van der Waals surface area contributed by atoms with E-state index in [9.17, 15) is 9.90 Å². The van der Waals surface area contributed by atoms with Crippen molar-refractivity contribution in [2.45, 2.75) is 19.1 Å². The number of amides is 1. The maximum absolute atomic E-state index is 11.7. The molecular formula is C19H21NO3. The summed E-state index contributed by atoms with van der Waals surface area (Å²) >= 11 is 0. The van der Waals surface area contributed by atoms with E-state index in [2.05, 4.69) is 5.32 Å². The number of hydrogen-bond acceptors (Lipinski definition) is 3. The highest BCUT2D eigenvalue weighted by atomic mass is 16.5. The van der Waals surface area contributed by atoms with Gasteiger partial charge in [0.25, 0.3) is 0 Å². The highest BCUT2D eigenvalue weighted by Gasteiger charge is 2.21. The fourth-order valence-electron chi connectivity index (χ4n) is 2.21. The standard InChI is InChI=1S/C19H21NO3/c1-2-23-19(22)20-18(16-11-7-4-8-12-16)17(21)14-13-15-9-5-3-6-10-15/h3-14,17-18,21H,2H2,1H3,(H,20,22)/b14-13+. The van der Waals surface area contributed by atoms with Gasteiger partial charge in [0.2, 0.25) is 0 Å². The quantitative estimate of drug-likeness (QED) is 0.858. The Morgan fingerprint density at radius 1 is 1.13 bits per heavy atom. The Bertz CT molecular complexity index is 626. The summed E-state index contributed by atoms with van der Waals surface area (Å²) in [6, 6.07) is 18.4. The van der Waals surface area contributed by atoms with Crippen LogP contribution in [0.4, 0.5) is 4.79 Å². The lowest BCUT2D eigenvalue weighted by molar-refractivity contribution is 0.127. The molecule has 23 heavy (non-hydrogen) atoms. The molecule has 120 valence electrons. The lowest BCUT2D eigenvalue weighted by Crippen LogP contribution is -2.35. The van der Waals surface area contributed by atoms with Gasteiger partial charge in [-0.25, -0.2) is 4.79 Å². The van der Waals surface area contributed by atoms with Gasteiger partial charge in [-0.3, -0.25) is 0 Å². The van der Waals surface area contributed by atoms with Crippen LogP contribution in [-0.4, -0.2) is 23.9 Å². The van der Waals surface area contributed by atoms with Crippen LogP contribution >= 0.6 is 0 Å². The van der Waals surface area contributed by atoms with Gasteiger partial charge in [0, 0.05) is 0 Å². The highest BCUT2D eigenvalue weighted by Crippen LogP contribution is 2.19. The van der Waals surface area contributed by atoms with Crippen molar-refractivity contribution >= 4 is 12.2 Å². The van der Waals surface area contributed by atoms with Crippen molar-refractivity contribution in [1.29, 1.82) is 0 Å². The van der Waals surface area contributed by atoms with Gasteiger partial charge in [-0.1, -0.05) is 72.8 Å². The van der Waals surface area contributed by atoms with Crippen LogP contribution in [0.25, 0.3) is 6.08 Å². The van der Waals surface area contributed by atoms with Crippen LogP contribution in [-0.2, 0) is 4.74 Å². The molecule has 2 aromatic rings. The van der Waals surface area contributed by atoms with E-state index in [0.29, 0.717) is 0 Å². The second kappa shape index (κ2) is 8.76. The Morgan fingerprint density at radius 3 is 2.35 bits per heavy atom. The molecule has 0 radical (unpaired) electrons. The van der Waals surface area contributed by atoms with Crippen LogP contribution in [0.1, 0.15) is 24.1 Å². The van der Waals surface area contributed by atoms with Crippen molar-refractivity contribution in [3.05, 3.63) is 77.9 Å². The second-order valence-electron chi connectivity index (χ2n) is 5.01. The summed E-state index contributed by atoms with van der Waals surface area (Å²) in [6.07, 6.45) is 2.07. The molecule has 0 bridgehead atoms. The summed E-state index contributed by atoms with van der Waals surface area (Å²) in [4.78, 5) is 11.7. The second-order valence-corrected chi connectivity index (χ2v) is 5.01. The number of nitrogens with one attached hydrogen (secondary N) is 1. The smallest absolute Gasteiger partial charge is 0.407 e. The summed E-state index contributed by atoms with van der Waals surface area (Å²) < 4.78 is 4.92. The minimum atomic E-state index is -0.873. The first-order chi connectivity index (χ1) is 11.2. The summed E-state index contributed by atoms with van der Waals surface area (Å²) in [6.45, 7) is 2.02. The maximum atomic E-state index is 11.7. The van der Waals surface area contributed by atoms with Gasteiger partial charge < -0.3 is 15.2 Å². The van der Waals surface area contributed by atoms with Crippen LogP contribution in [0.2, 0.25) is 0 Å². The monoisotopic (exact) mass is 311 g/mol. The van der Waals surface area contributed by atoms with Gasteiger partial charge in [-0.05, 0) is 18.1 Å². The summed E-state index contributed by atoms with van der Waals surface area (Å²) in [7, 11) is 0. The number of carbonyl (C=O) groups is 1. The molecule has 0 saturated heterocycles. The van der Waals surface area contributed by atoms with Crippen LogP contribution in [0.15, 0.2) is 66.7 Å². The Hall–Kier alpha value is -2.59. The Labute approximate surface area is 136 Å². The van der Waals surface area contributed by atoms with E-state index >= 15 is 0 Å². The zero-order valence-corrected chi connectivity index (χ0v) is 13.1. The zero-order chi connectivity index (χ0) is 16.5. The summed E-state index contributed by atoms with van der Waals surface area (Å²) in [5.41, 5.74) is 1.79. The Morgan fingerprint density at radius 2 is 1.74 bits per heavy atom. The van der Waals surface area contributed by atoms with E-state index in [1.807, 2.05) is 66.7 Å². The number of alkyl carbamates (subject to hydrolysis) is 1. The average molecular weight is 311 g/mol. The number of benzene rings is 2. The fraction of sp³-hybridized carbons (Fsp3) is 0.211. The molecule has 0 spiro atoms. The van der Waals surface area contributed by atoms with Gasteiger partial charge in [-0.2, -0.15) is 0 Å². The normalized spacial score (nSPS) is 13.5. The molecule has 0 saturated carbocycles. The number of hydrogen-bond donors (Lipinski definition) is 2. The van der Waals surface area contributed by atoms with Crippen molar-refractivity contribution in [3.8, 4) is 0 Å². The molecule has 2 unspecified atom stereocenters. The molecule has 2 atom stereocenters. The fourth-order valence-corrected chi connectivity index (χ4v) is 2.21. The predicted octanol–water partition coefficient (Wildman–Crippen LogP) is 3.55. The summed E-state index contributed by atoms with van der Waals surface area (Å²) in [5.74, 6) is 0. The van der Waals surface area contributed by atoms with Crippen molar-refractivity contribution in [2.75, 3.05) is 6.61 Å².